The highest BCUT2D eigenvalue weighted by Crippen LogP contribution is 2.40. The molecule has 2 saturated carbocycles. The van der Waals surface area contributed by atoms with Crippen molar-refractivity contribution in [3.8, 4) is 0 Å². The van der Waals surface area contributed by atoms with Gasteiger partial charge < -0.3 is 10.2 Å². The van der Waals surface area contributed by atoms with E-state index in [1.807, 2.05) is 0 Å². The highest BCUT2D eigenvalue weighted by molar-refractivity contribution is 4.89. The van der Waals surface area contributed by atoms with Crippen molar-refractivity contribution >= 4 is 0 Å². The number of hydrogen-bond donors (Lipinski definition) is 2. The first-order valence-electron chi connectivity index (χ1n) is 5.15. The molecule has 2 heteroatoms. The van der Waals surface area contributed by atoms with E-state index in [-0.39, 0.29) is 12.2 Å². The number of aliphatic hydroxyl groups excluding tert-OH is 2. The molecular formula is C10H18O2. The van der Waals surface area contributed by atoms with Crippen molar-refractivity contribution in [1.82, 2.24) is 0 Å². The van der Waals surface area contributed by atoms with Crippen LogP contribution in [-0.4, -0.2) is 22.4 Å². The van der Waals surface area contributed by atoms with Gasteiger partial charge in [-0.25, -0.2) is 0 Å². The highest BCUT2D eigenvalue weighted by Gasteiger charge is 2.38. The fraction of sp³-hybridized carbons (Fsp3) is 1.00. The average Bonchev–Trinajstić information content (AvgIpc) is 2.12. The van der Waals surface area contributed by atoms with Crippen LogP contribution in [0.15, 0.2) is 0 Å². The molecule has 70 valence electrons. The van der Waals surface area contributed by atoms with Crippen molar-refractivity contribution in [2.24, 2.45) is 11.8 Å². The average molecular weight is 170 g/mol. The maximum atomic E-state index is 9.71. The van der Waals surface area contributed by atoms with Crippen LogP contribution in [0.4, 0.5) is 0 Å². The van der Waals surface area contributed by atoms with Gasteiger partial charge in [0.05, 0.1) is 12.2 Å². The Balaban J connectivity index is 2.05. The SMILES string of the molecule is O[C@H]1CC[C@H](O)[C@H]2CCCC[C@H]21. The molecule has 2 aliphatic rings. The molecule has 2 nitrogen and oxygen atoms in total. The van der Waals surface area contributed by atoms with E-state index in [1.165, 1.54) is 12.8 Å². The van der Waals surface area contributed by atoms with Crippen LogP contribution in [0, 0.1) is 11.8 Å². The minimum Gasteiger partial charge on any atom is -0.393 e. The van der Waals surface area contributed by atoms with Gasteiger partial charge in [0.25, 0.3) is 0 Å². The van der Waals surface area contributed by atoms with Gasteiger partial charge >= 0.3 is 0 Å². The molecule has 0 aromatic rings. The van der Waals surface area contributed by atoms with Crippen LogP contribution >= 0.6 is 0 Å². The molecule has 2 rings (SSSR count). The van der Waals surface area contributed by atoms with E-state index >= 15 is 0 Å². The number of fused-ring (bicyclic) bond motifs is 1. The fourth-order valence-corrected chi connectivity index (χ4v) is 2.91. The zero-order valence-corrected chi connectivity index (χ0v) is 7.45. The highest BCUT2D eigenvalue weighted by atomic mass is 16.3. The lowest BCUT2D eigenvalue weighted by Crippen LogP contribution is -2.42. The zero-order chi connectivity index (χ0) is 8.55. The van der Waals surface area contributed by atoms with Gasteiger partial charge in [-0.1, -0.05) is 12.8 Å². The monoisotopic (exact) mass is 170 g/mol. The Labute approximate surface area is 73.6 Å². The van der Waals surface area contributed by atoms with E-state index in [0.717, 1.165) is 25.7 Å². The van der Waals surface area contributed by atoms with Crippen LogP contribution in [0.3, 0.4) is 0 Å². The van der Waals surface area contributed by atoms with E-state index in [4.69, 9.17) is 0 Å². The zero-order valence-electron chi connectivity index (χ0n) is 7.45. The minimum atomic E-state index is -0.126. The van der Waals surface area contributed by atoms with Crippen molar-refractivity contribution in [1.29, 1.82) is 0 Å². The van der Waals surface area contributed by atoms with E-state index in [9.17, 15) is 10.2 Å². The van der Waals surface area contributed by atoms with Crippen molar-refractivity contribution in [3.05, 3.63) is 0 Å². The normalized spacial score (nSPS) is 48.5. The van der Waals surface area contributed by atoms with Crippen molar-refractivity contribution in [2.45, 2.75) is 50.7 Å². The predicted octanol–water partition coefficient (Wildman–Crippen LogP) is 1.31. The second-order valence-electron chi connectivity index (χ2n) is 4.32. The summed E-state index contributed by atoms with van der Waals surface area (Å²) in [6.45, 7) is 0. The fourth-order valence-electron chi connectivity index (χ4n) is 2.91. The quantitative estimate of drug-likeness (QED) is 0.575. The standard InChI is InChI=1S/C10H18O2/c11-9-5-6-10(12)8-4-2-1-3-7(8)9/h7-12H,1-6H2/t7-,8+,9-,10-/m0/s1. The summed E-state index contributed by atoms with van der Waals surface area (Å²) in [5.41, 5.74) is 0. The maximum Gasteiger partial charge on any atom is 0.0573 e. The first-order chi connectivity index (χ1) is 5.79. The minimum absolute atomic E-state index is 0.126. The van der Waals surface area contributed by atoms with Crippen LogP contribution in [0.2, 0.25) is 0 Å². The topological polar surface area (TPSA) is 40.5 Å². The molecule has 2 fully saturated rings. The van der Waals surface area contributed by atoms with Crippen LogP contribution in [0.1, 0.15) is 38.5 Å². The molecule has 0 aliphatic heterocycles. The van der Waals surface area contributed by atoms with Crippen LogP contribution in [0.25, 0.3) is 0 Å². The summed E-state index contributed by atoms with van der Waals surface area (Å²) in [4.78, 5) is 0. The number of aliphatic hydroxyl groups is 2. The molecule has 0 saturated heterocycles. The lowest BCUT2D eigenvalue weighted by molar-refractivity contribution is -0.0608. The van der Waals surface area contributed by atoms with E-state index in [1.54, 1.807) is 0 Å². The van der Waals surface area contributed by atoms with Gasteiger partial charge in [-0.2, -0.15) is 0 Å². The number of rotatable bonds is 0. The summed E-state index contributed by atoms with van der Waals surface area (Å²) in [6, 6.07) is 0. The largest absolute Gasteiger partial charge is 0.393 e. The molecule has 0 aromatic heterocycles. The van der Waals surface area contributed by atoms with Gasteiger partial charge in [-0.15, -0.1) is 0 Å². The molecule has 0 aromatic carbocycles. The summed E-state index contributed by atoms with van der Waals surface area (Å²) in [6.07, 6.45) is 6.10. The van der Waals surface area contributed by atoms with Gasteiger partial charge in [0.15, 0.2) is 0 Å². The lowest BCUT2D eigenvalue weighted by atomic mass is 9.68. The van der Waals surface area contributed by atoms with Crippen molar-refractivity contribution < 1.29 is 10.2 Å². The molecule has 0 amide bonds. The Bertz CT molecular complexity index is 140. The summed E-state index contributed by atoms with van der Waals surface area (Å²) in [5, 5.41) is 19.4. The molecule has 0 radical (unpaired) electrons. The van der Waals surface area contributed by atoms with Crippen molar-refractivity contribution in [3.63, 3.8) is 0 Å². The Morgan fingerprint density at radius 1 is 0.667 bits per heavy atom. The Morgan fingerprint density at radius 2 is 1.08 bits per heavy atom. The second kappa shape index (κ2) is 3.35. The Hall–Kier alpha value is -0.0800. The predicted molar refractivity (Wildman–Crippen MR) is 46.7 cm³/mol. The van der Waals surface area contributed by atoms with Gasteiger partial charge in [0.1, 0.15) is 0 Å². The van der Waals surface area contributed by atoms with Gasteiger partial charge in [-0.3, -0.25) is 0 Å². The molecule has 0 heterocycles. The lowest BCUT2D eigenvalue weighted by Gasteiger charge is -2.41. The smallest absolute Gasteiger partial charge is 0.0573 e. The third-order valence-electron chi connectivity index (χ3n) is 3.62. The summed E-state index contributed by atoms with van der Waals surface area (Å²) >= 11 is 0. The molecular weight excluding hydrogens is 152 g/mol. The van der Waals surface area contributed by atoms with E-state index < -0.39 is 0 Å². The third kappa shape index (κ3) is 1.38. The number of hydrogen-bond acceptors (Lipinski definition) is 2. The second-order valence-corrected chi connectivity index (χ2v) is 4.32. The molecule has 2 N–H and O–H groups in total. The molecule has 2 aliphatic carbocycles. The molecule has 0 bridgehead atoms. The third-order valence-corrected chi connectivity index (χ3v) is 3.62. The molecule has 12 heavy (non-hydrogen) atoms. The molecule has 4 atom stereocenters. The van der Waals surface area contributed by atoms with Crippen LogP contribution in [-0.2, 0) is 0 Å². The Morgan fingerprint density at radius 3 is 1.50 bits per heavy atom. The van der Waals surface area contributed by atoms with Crippen molar-refractivity contribution in [2.75, 3.05) is 0 Å². The van der Waals surface area contributed by atoms with Crippen LogP contribution < -0.4 is 0 Å². The Kier molecular flexibility index (Phi) is 2.37. The van der Waals surface area contributed by atoms with E-state index in [2.05, 4.69) is 0 Å². The van der Waals surface area contributed by atoms with Crippen LogP contribution in [0.5, 0.6) is 0 Å². The first kappa shape index (κ1) is 8.52. The summed E-state index contributed by atoms with van der Waals surface area (Å²) in [5.74, 6) is 0.810. The maximum absolute atomic E-state index is 9.71. The van der Waals surface area contributed by atoms with Gasteiger partial charge in [-0.05, 0) is 37.5 Å². The molecule has 0 spiro atoms. The summed E-state index contributed by atoms with van der Waals surface area (Å²) < 4.78 is 0. The molecule has 0 unspecified atom stereocenters. The van der Waals surface area contributed by atoms with Gasteiger partial charge in [0.2, 0.25) is 0 Å². The van der Waals surface area contributed by atoms with E-state index in [0.29, 0.717) is 11.8 Å². The summed E-state index contributed by atoms with van der Waals surface area (Å²) in [7, 11) is 0. The van der Waals surface area contributed by atoms with Gasteiger partial charge in [0, 0.05) is 0 Å². The first-order valence-corrected chi connectivity index (χ1v) is 5.15.